The second kappa shape index (κ2) is 24.0. The van der Waals surface area contributed by atoms with Crippen LogP contribution in [0.1, 0.15) is 132 Å². The van der Waals surface area contributed by atoms with E-state index in [1.54, 1.807) is 68.5 Å². The van der Waals surface area contributed by atoms with Gasteiger partial charge in [-0.2, -0.15) is 0 Å². The van der Waals surface area contributed by atoms with Crippen LogP contribution in [0, 0.1) is 29.1 Å². The number of aliphatic hydroxyl groups excluding tert-OH is 3. The van der Waals surface area contributed by atoms with Gasteiger partial charge < -0.3 is 50.4 Å². The number of aliphatic hydroxyl groups is 3. The average molecular weight is 1210 g/mol. The summed E-state index contributed by atoms with van der Waals surface area (Å²) in [6.07, 6.45) is 19.8. The Hall–Kier alpha value is -4.97. The van der Waals surface area contributed by atoms with Gasteiger partial charge in [0.2, 0.25) is 0 Å². The van der Waals surface area contributed by atoms with Crippen LogP contribution in [0.25, 0.3) is 16.8 Å². The van der Waals surface area contributed by atoms with Crippen molar-refractivity contribution in [2.24, 2.45) is 29.1 Å². The molecule has 15 heteroatoms. The minimum atomic E-state index is -1.76. The number of phenols is 3. The van der Waals surface area contributed by atoms with Crippen LogP contribution < -0.4 is 14.8 Å². The minimum Gasteiger partial charge on any atom is -0.507 e. The molecule has 3 saturated carbocycles. The fourth-order valence-electron chi connectivity index (χ4n) is 16.6. The maximum atomic E-state index is 17.8. The molecular weight excluding hydrogens is 1130 g/mol. The largest absolute Gasteiger partial charge is 0.507 e. The molecule has 12 unspecified atom stereocenters. The average Bonchev–Trinajstić information content (AvgIpc) is 0.773. The smallest absolute Gasteiger partial charge is 0.164 e. The van der Waals surface area contributed by atoms with Crippen LogP contribution in [0.15, 0.2) is 109 Å². The van der Waals surface area contributed by atoms with Crippen molar-refractivity contribution in [3.05, 3.63) is 165 Å². The molecule has 442 valence electrons. The van der Waals surface area contributed by atoms with E-state index in [1.807, 2.05) is 42.7 Å². The normalized spacial score (nSPS) is 31.5. The molecule has 2 bridgehead atoms. The highest BCUT2D eigenvalue weighted by Gasteiger charge is 2.63. The molecule has 7 aliphatic rings. The van der Waals surface area contributed by atoms with Crippen molar-refractivity contribution >= 4 is 65.8 Å². The first-order valence-corrected chi connectivity index (χ1v) is 35.3. The quantitative estimate of drug-likeness (QED) is 0.0558. The number of rotatable bonds is 7. The van der Waals surface area contributed by atoms with E-state index in [2.05, 4.69) is 71.9 Å². The van der Waals surface area contributed by atoms with Gasteiger partial charge in [0.05, 0.1) is 42.1 Å². The molecule has 0 saturated heterocycles. The zero-order valence-corrected chi connectivity index (χ0v) is 51.2. The fraction of sp³-hybridized carbons (Fsp3) is 0.464. The highest BCUT2D eigenvalue weighted by molar-refractivity contribution is 8.77. The molecule has 0 amide bonds. The van der Waals surface area contributed by atoms with E-state index in [9.17, 15) is 30.6 Å². The summed E-state index contributed by atoms with van der Waals surface area (Å²) < 4.78 is 13.0. The van der Waals surface area contributed by atoms with Crippen LogP contribution in [-0.4, -0.2) is 97.2 Å². The summed E-state index contributed by atoms with van der Waals surface area (Å²) in [4.78, 5) is 21.0. The van der Waals surface area contributed by atoms with Gasteiger partial charge in [-0.25, -0.2) is 0 Å². The lowest BCUT2D eigenvalue weighted by Crippen LogP contribution is -2.63. The molecule has 3 fully saturated rings. The van der Waals surface area contributed by atoms with Gasteiger partial charge in [-0.05, 0) is 155 Å². The number of benzene rings is 5. The monoisotopic (exact) mass is 1210 g/mol. The maximum Gasteiger partial charge on any atom is 0.164 e. The summed E-state index contributed by atoms with van der Waals surface area (Å²) in [6, 6.07) is 25.6. The van der Waals surface area contributed by atoms with Gasteiger partial charge in [-0.15, -0.1) is 0 Å². The number of aromatic amines is 1. The number of aryl methyl sites for hydroxylation is 1. The van der Waals surface area contributed by atoms with Gasteiger partial charge in [0.1, 0.15) is 11.9 Å². The van der Waals surface area contributed by atoms with E-state index in [0.29, 0.717) is 59.9 Å². The highest BCUT2D eigenvalue weighted by atomic mass is 33.1. The predicted molar refractivity (Wildman–Crippen MR) is 342 cm³/mol. The van der Waals surface area contributed by atoms with Gasteiger partial charge in [0.25, 0.3) is 0 Å². The van der Waals surface area contributed by atoms with Crippen LogP contribution in [0.2, 0.25) is 0 Å². The molecule has 3 aliphatic heterocycles. The Morgan fingerprint density at radius 3 is 2.50 bits per heavy atom. The number of carbonyl (C=O) groups excluding carboxylic acids is 1. The number of nitrogens with one attached hydrogen (secondary N) is 2. The molecule has 1 aromatic heterocycles. The first kappa shape index (κ1) is 58.1. The lowest BCUT2D eigenvalue weighted by atomic mass is 9.51. The van der Waals surface area contributed by atoms with Crippen LogP contribution in [-0.2, 0) is 41.4 Å². The summed E-state index contributed by atoms with van der Waals surface area (Å²) in [5.41, 5.74) is 5.96. The summed E-state index contributed by atoms with van der Waals surface area (Å²) >= 11 is 0. The van der Waals surface area contributed by atoms with Gasteiger partial charge in [0.15, 0.2) is 28.8 Å². The van der Waals surface area contributed by atoms with Crippen LogP contribution >= 0.6 is 43.2 Å². The van der Waals surface area contributed by atoms with Gasteiger partial charge in [-0.3, -0.25) is 4.79 Å². The molecule has 4 aliphatic carbocycles. The maximum absolute atomic E-state index is 17.8. The fourth-order valence-corrected chi connectivity index (χ4v) is 22.3. The SMILES string of the molecule is CCc1ccc2cccc3c2c1Cc1c(ccc(O)c1OC)CC(Cc1cc[nH]c1)C(O)C1C(=O)C(c2cc(O)c4c(c2)C25CCCCC2(C=CCN5)C=C4)(C2CSSCC4CCCCC4Oc4cc2ccc4O)C(O)CC1CSSC3CO. The third kappa shape index (κ3) is 9.90. The number of ether oxygens (including phenoxy) is 2. The molecule has 0 radical (unpaired) electrons. The molecule has 4 heterocycles. The van der Waals surface area contributed by atoms with E-state index in [-0.39, 0.29) is 58.7 Å². The number of aromatic nitrogens is 1. The molecule has 0 spiro atoms. The number of methoxy groups -OCH3 is 1. The first-order chi connectivity index (χ1) is 40.9. The summed E-state index contributed by atoms with van der Waals surface area (Å²) in [5.74, 6) is -0.578. The number of phenolic OH excluding ortho intramolecular Hbond substituents is 3. The van der Waals surface area contributed by atoms with E-state index in [4.69, 9.17) is 9.47 Å². The minimum absolute atomic E-state index is 0.00383. The van der Waals surface area contributed by atoms with E-state index < -0.39 is 46.8 Å². The molecule has 84 heavy (non-hydrogen) atoms. The molecular formula is C69H78N2O9S4. The van der Waals surface area contributed by atoms with Crippen molar-refractivity contribution in [3.8, 4) is 28.7 Å². The van der Waals surface area contributed by atoms with Crippen molar-refractivity contribution < 1.29 is 44.9 Å². The number of aromatic hydroxyl groups is 3. The summed E-state index contributed by atoms with van der Waals surface area (Å²) in [6.45, 7) is 2.63. The number of hydrogen-bond acceptors (Lipinski definition) is 14. The number of hydrogen-bond donors (Lipinski definition) is 8. The van der Waals surface area contributed by atoms with Crippen molar-refractivity contribution in [1.82, 2.24) is 10.3 Å². The topological polar surface area (TPSA) is 185 Å². The number of Topliss-reactive ketones (excluding diaryl/α,β-unsaturated/α-hetero) is 1. The predicted octanol–water partition coefficient (Wildman–Crippen LogP) is 13.2. The van der Waals surface area contributed by atoms with Crippen LogP contribution in [0.4, 0.5) is 0 Å². The number of H-pyrrole nitrogens is 1. The Morgan fingerprint density at radius 2 is 1.67 bits per heavy atom. The Balaban J connectivity index is 1.03. The Kier molecular flexibility index (Phi) is 16.6. The molecule has 5 aromatic carbocycles. The van der Waals surface area contributed by atoms with Gasteiger partial charge in [-0.1, -0.05) is 142 Å². The third-order valence-electron chi connectivity index (χ3n) is 20.7. The second-order valence-corrected chi connectivity index (χ2v) is 30.1. The Bertz CT molecular complexity index is 3500. The van der Waals surface area contributed by atoms with Crippen molar-refractivity contribution in [1.29, 1.82) is 0 Å². The highest BCUT2D eigenvalue weighted by Crippen LogP contribution is 2.62. The zero-order valence-electron chi connectivity index (χ0n) is 47.9. The molecule has 13 rings (SSSR count). The van der Waals surface area contributed by atoms with Crippen molar-refractivity contribution in [3.63, 3.8) is 0 Å². The molecule has 8 N–H and O–H groups in total. The second-order valence-electron chi connectivity index (χ2n) is 24.9. The summed E-state index contributed by atoms with van der Waals surface area (Å²) in [7, 11) is 8.19. The third-order valence-corrected chi connectivity index (χ3v) is 26.1. The Morgan fingerprint density at radius 1 is 0.833 bits per heavy atom. The number of ketones is 1. The first-order valence-electron chi connectivity index (χ1n) is 30.5. The molecule has 12 atom stereocenters. The Labute approximate surface area is 509 Å². The number of fused-ring (bicyclic) bond motifs is 6. The molecule has 11 nitrogen and oxygen atoms in total. The van der Waals surface area contributed by atoms with Crippen molar-refractivity contribution in [2.45, 2.75) is 131 Å². The summed E-state index contributed by atoms with van der Waals surface area (Å²) in [5, 5.41) is 81.4. The zero-order chi connectivity index (χ0) is 57.9. The number of carbonyl (C=O) groups is 1. The van der Waals surface area contributed by atoms with E-state index in [0.717, 1.165) is 119 Å². The van der Waals surface area contributed by atoms with Gasteiger partial charge in [0, 0.05) is 76.9 Å². The molecule has 6 aromatic rings. The van der Waals surface area contributed by atoms with E-state index in [1.165, 1.54) is 0 Å². The van der Waals surface area contributed by atoms with Crippen LogP contribution in [0.5, 0.6) is 28.7 Å². The van der Waals surface area contributed by atoms with Crippen LogP contribution in [0.3, 0.4) is 0 Å². The standard InChI is InChI=1S/C69H78N2O9S4/c1-3-41-14-15-42-11-8-12-50-60(36-72)84-83-38-47-31-61(76)69(54-39-82-81-37-45-10-4-5-13-58(45)80-59-30-44(54)17-18-55(59)73,48-32-53-49(57(75)33-48)20-25-67-22-6-7-24-68(53,67)71-26-9-23-67)66(78)63(47)64(77)46(28-40-21-27-70-35-40)29-43-16-19-56(74)65(79-2)52(43)34-51(41)62(42)50/h8-9,11-12,14-21,23,25,27,30,32-33,35,45-47,54,58,60-61,63-64,70-77H,3-7,10,13,22,24,26,28-29,31,34,36-39H2,1-2H3. The lowest BCUT2D eigenvalue weighted by molar-refractivity contribution is -0.150. The van der Waals surface area contributed by atoms with Gasteiger partial charge >= 0.3 is 0 Å². The van der Waals surface area contributed by atoms with E-state index >= 15 is 4.79 Å². The lowest BCUT2D eigenvalue weighted by Gasteiger charge is -2.57. The van der Waals surface area contributed by atoms with Crippen molar-refractivity contribution in [2.75, 3.05) is 37.5 Å².